The van der Waals surface area contributed by atoms with E-state index in [1.165, 1.54) is 0 Å². The van der Waals surface area contributed by atoms with E-state index in [2.05, 4.69) is 14.1 Å². The standard InChI is InChI=1S/C22H29N5O4S/c1-22(2,16-8-10-24-11-9-16)21(28)27-12-4-5-15(13-27)14-31-18-7-3-6-17-19(18)20(23)26-32(29,30)25-17/h3,6-11,15,25,29-30H,4-5,12-14H2,1-2H3,(H2,23,26). The molecule has 9 nitrogen and oxygen atoms in total. The van der Waals surface area contributed by atoms with Crippen molar-refractivity contribution in [2.75, 3.05) is 24.4 Å². The summed E-state index contributed by atoms with van der Waals surface area (Å²) in [6.45, 7) is 5.65. The smallest absolute Gasteiger partial charge is 0.232 e. The van der Waals surface area contributed by atoms with Crippen LogP contribution in [0.2, 0.25) is 0 Å². The summed E-state index contributed by atoms with van der Waals surface area (Å²) >= 11 is 0. The van der Waals surface area contributed by atoms with E-state index in [1.54, 1.807) is 30.6 Å². The Labute approximate surface area is 189 Å². The van der Waals surface area contributed by atoms with E-state index in [0.29, 0.717) is 30.2 Å². The molecule has 1 fully saturated rings. The number of rotatable bonds is 5. The summed E-state index contributed by atoms with van der Waals surface area (Å²) < 4.78 is 32.1. The van der Waals surface area contributed by atoms with Crippen molar-refractivity contribution in [2.24, 2.45) is 16.0 Å². The van der Waals surface area contributed by atoms with Crippen LogP contribution in [0.1, 0.15) is 37.8 Å². The lowest BCUT2D eigenvalue weighted by Crippen LogP contribution is -2.48. The van der Waals surface area contributed by atoms with E-state index in [9.17, 15) is 13.9 Å². The molecule has 2 aromatic rings. The number of pyridine rings is 1. The molecule has 10 heteroatoms. The fourth-order valence-corrected chi connectivity index (χ4v) is 5.11. The number of amidine groups is 1. The average Bonchev–Trinajstić information content (AvgIpc) is 2.76. The first-order valence-corrected chi connectivity index (χ1v) is 12.0. The number of nitrogens with one attached hydrogen (secondary N) is 1. The highest BCUT2D eigenvalue weighted by molar-refractivity contribution is 8.24. The van der Waals surface area contributed by atoms with Crippen LogP contribution in [0, 0.1) is 5.92 Å². The first kappa shape index (κ1) is 22.4. The molecule has 1 aromatic carbocycles. The maximum atomic E-state index is 13.3. The molecule has 2 aliphatic rings. The van der Waals surface area contributed by atoms with Gasteiger partial charge >= 0.3 is 0 Å². The summed E-state index contributed by atoms with van der Waals surface area (Å²) in [6, 6.07) is 8.99. The second kappa shape index (κ2) is 8.61. The first-order valence-electron chi connectivity index (χ1n) is 10.5. The maximum Gasteiger partial charge on any atom is 0.232 e. The zero-order chi connectivity index (χ0) is 22.9. The first-order chi connectivity index (χ1) is 15.2. The molecule has 1 amide bonds. The zero-order valence-electron chi connectivity index (χ0n) is 18.2. The number of hydrogen-bond acceptors (Lipinski definition) is 8. The highest BCUT2D eigenvalue weighted by Crippen LogP contribution is 2.46. The molecular weight excluding hydrogens is 430 g/mol. The number of carbonyl (C=O) groups excluding carboxylic acids is 1. The van der Waals surface area contributed by atoms with Gasteiger partial charge in [0.15, 0.2) is 5.84 Å². The molecule has 172 valence electrons. The third kappa shape index (κ3) is 4.52. The Kier molecular flexibility index (Phi) is 6.02. The minimum Gasteiger partial charge on any atom is -0.492 e. The third-order valence-electron chi connectivity index (χ3n) is 5.97. The molecule has 0 aliphatic carbocycles. The summed E-state index contributed by atoms with van der Waals surface area (Å²) in [4.78, 5) is 19.3. The fraction of sp³-hybridized carbons (Fsp3) is 0.409. The number of piperidine rings is 1. The average molecular weight is 460 g/mol. The lowest BCUT2D eigenvalue weighted by molar-refractivity contribution is -0.138. The topological polar surface area (TPSA) is 133 Å². The summed E-state index contributed by atoms with van der Waals surface area (Å²) in [5.41, 5.74) is 7.26. The highest BCUT2D eigenvalue weighted by atomic mass is 32.3. The third-order valence-corrected chi connectivity index (χ3v) is 6.92. The molecule has 0 spiro atoms. The lowest BCUT2D eigenvalue weighted by atomic mass is 9.83. The fourth-order valence-electron chi connectivity index (χ4n) is 4.23. The van der Waals surface area contributed by atoms with Crippen LogP contribution in [0.3, 0.4) is 0 Å². The summed E-state index contributed by atoms with van der Waals surface area (Å²) in [6.07, 6.45) is 5.28. The SMILES string of the molecule is CC(C)(C(=O)N1CCCC(COc2cccc3c2C(N)=NS(O)(O)N3)C1)c1ccncc1. The number of amides is 1. The van der Waals surface area contributed by atoms with E-state index < -0.39 is 16.4 Å². The molecule has 3 heterocycles. The van der Waals surface area contributed by atoms with E-state index in [-0.39, 0.29) is 17.7 Å². The van der Waals surface area contributed by atoms with E-state index in [4.69, 9.17) is 10.5 Å². The van der Waals surface area contributed by atoms with Gasteiger partial charge in [0.05, 0.1) is 23.3 Å². The van der Waals surface area contributed by atoms with Crippen LogP contribution in [0.15, 0.2) is 47.1 Å². The van der Waals surface area contributed by atoms with Crippen molar-refractivity contribution >= 4 is 28.4 Å². The largest absolute Gasteiger partial charge is 0.492 e. The predicted molar refractivity (Wildman–Crippen MR) is 126 cm³/mol. The van der Waals surface area contributed by atoms with Gasteiger partial charge in [-0.2, -0.15) is 0 Å². The van der Waals surface area contributed by atoms with Crippen LogP contribution < -0.4 is 15.2 Å². The normalized spacial score (nSPS) is 21.1. The molecular formula is C22H29N5O4S. The van der Waals surface area contributed by atoms with Crippen molar-refractivity contribution in [3.05, 3.63) is 53.9 Å². The predicted octanol–water partition coefficient (Wildman–Crippen LogP) is 3.39. The van der Waals surface area contributed by atoms with Crippen molar-refractivity contribution in [3.63, 3.8) is 0 Å². The summed E-state index contributed by atoms with van der Waals surface area (Å²) in [7, 11) is -3.34. The Morgan fingerprint density at radius 3 is 2.81 bits per heavy atom. The van der Waals surface area contributed by atoms with Gasteiger partial charge in [0.2, 0.25) is 5.91 Å². The molecule has 32 heavy (non-hydrogen) atoms. The number of nitrogens with two attached hydrogens (primary N) is 1. The number of likely N-dealkylation sites (tertiary alicyclic amines) is 1. The van der Waals surface area contributed by atoms with E-state index >= 15 is 0 Å². The molecule has 0 bridgehead atoms. The van der Waals surface area contributed by atoms with Gasteiger partial charge in [0.1, 0.15) is 5.75 Å². The van der Waals surface area contributed by atoms with Gasteiger partial charge in [0.25, 0.3) is 0 Å². The van der Waals surface area contributed by atoms with Gasteiger partial charge < -0.3 is 15.4 Å². The molecule has 1 unspecified atom stereocenters. The molecule has 5 N–H and O–H groups in total. The van der Waals surface area contributed by atoms with Gasteiger partial charge in [-0.15, -0.1) is 4.40 Å². The van der Waals surface area contributed by atoms with Gasteiger partial charge in [-0.1, -0.05) is 6.07 Å². The number of carbonyl (C=O) groups is 1. The van der Waals surface area contributed by atoms with Crippen LogP contribution in [0.25, 0.3) is 0 Å². The Hall–Kier alpha value is -2.82. The van der Waals surface area contributed by atoms with Crippen LogP contribution in [0.5, 0.6) is 5.75 Å². The minimum atomic E-state index is -3.34. The van der Waals surface area contributed by atoms with Crippen molar-refractivity contribution in [2.45, 2.75) is 32.1 Å². The number of anilines is 1. The van der Waals surface area contributed by atoms with Crippen molar-refractivity contribution in [1.82, 2.24) is 9.88 Å². The van der Waals surface area contributed by atoms with E-state index in [0.717, 1.165) is 24.9 Å². The van der Waals surface area contributed by atoms with Crippen LogP contribution in [-0.4, -0.2) is 50.4 Å². The number of benzene rings is 1. The molecule has 0 radical (unpaired) electrons. The number of fused-ring (bicyclic) bond motifs is 1. The molecule has 4 rings (SSSR count). The van der Waals surface area contributed by atoms with Crippen LogP contribution in [-0.2, 0) is 10.2 Å². The molecule has 1 saturated heterocycles. The van der Waals surface area contributed by atoms with Crippen molar-refractivity contribution in [1.29, 1.82) is 0 Å². The quantitative estimate of drug-likeness (QED) is 0.538. The summed E-state index contributed by atoms with van der Waals surface area (Å²) in [5, 5.41) is 0. The summed E-state index contributed by atoms with van der Waals surface area (Å²) in [5.74, 6) is 0.809. The Morgan fingerprint density at radius 2 is 2.06 bits per heavy atom. The second-order valence-electron chi connectivity index (χ2n) is 8.71. The highest BCUT2D eigenvalue weighted by Gasteiger charge is 2.36. The number of ether oxygens (including phenoxy) is 1. The lowest BCUT2D eigenvalue weighted by Gasteiger charge is -2.38. The van der Waals surface area contributed by atoms with Gasteiger partial charge in [-0.05, 0) is 67.5 Å². The number of hydrogen-bond donors (Lipinski definition) is 4. The number of nitrogens with zero attached hydrogens (tertiary/aromatic N) is 3. The van der Waals surface area contributed by atoms with Gasteiger partial charge in [-0.3, -0.25) is 23.6 Å². The molecule has 2 aliphatic heterocycles. The second-order valence-corrected chi connectivity index (χ2v) is 10.1. The number of aromatic nitrogens is 1. The van der Waals surface area contributed by atoms with Crippen molar-refractivity contribution in [3.8, 4) is 5.75 Å². The maximum absolute atomic E-state index is 13.3. The zero-order valence-corrected chi connectivity index (χ0v) is 19.0. The Balaban J connectivity index is 1.43. The Bertz CT molecular complexity index is 1030. The molecule has 0 saturated carbocycles. The van der Waals surface area contributed by atoms with Crippen molar-refractivity contribution < 1.29 is 18.6 Å². The monoisotopic (exact) mass is 459 g/mol. The van der Waals surface area contributed by atoms with Crippen LogP contribution >= 0.6 is 11.0 Å². The molecule has 1 aromatic heterocycles. The molecule has 1 atom stereocenters. The van der Waals surface area contributed by atoms with E-state index in [1.807, 2.05) is 30.9 Å². The van der Waals surface area contributed by atoms with Gasteiger partial charge in [0, 0.05) is 31.4 Å². The van der Waals surface area contributed by atoms with Crippen LogP contribution in [0.4, 0.5) is 5.69 Å². The minimum absolute atomic E-state index is 0.0221. The van der Waals surface area contributed by atoms with Gasteiger partial charge in [-0.25, -0.2) is 0 Å². The Morgan fingerprint density at radius 1 is 1.31 bits per heavy atom.